The zero-order chi connectivity index (χ0) is 26.1. The fourth-order valence-electron chi connectivity index (χ4n) is 5.28. The predicted octanol–water partition coefficient (Wildman–Crippen LogP) is 7.34. The summed E-state index contributed by atoms with van der Waals surface area (Å²) in [6, 6.07) is 30.7. The van der Waals surface area contributed by atoms with Gasteiger partial charge in [-0.3, -0.25) is 4.99 Å². The van der Waals surface area contributed by atoms with Crippen molar-refractivity contribution in [3.8, 4) is 5.75 Å². The maximum Gasteiger partial charge on any atom is 0.339 e. The van der Waals surface area contributed by atoms with E-state index in [9.17, 15) is 8.42 Å². The lowest BCUT2D eigenvalue weighted by Crippen LogP contribution is -2.28. The minimum absolute atomic E-state index is 0.129. The topological polar surface area (TPSA) is 67.8 Å². The quantitative estimate of drug-likeness (QED) is 0.164. The molecule has 6 rings (SSSR count). The van der Waals surface area contributed by atoms with Crippen molar-refractivity contribution >= 4 is 27.7 Å². The highest BCUT2D eigenvalue weighted by Crippen LogP contribution is 2.49. The third-order valence-electron chi connectivity index (χ3n) is 7.28. The van der Waals surface area contributed by atoms with Crippen LogP contribution in [0.5, 0.6) is 5.75 Å². The molecule has 4 aromatic rings. The van der Waals surface area contributed by atoms with Gasteiger partial charge in [0.1, 0.15) is 10.6 Å². The largest absolute Gasteiger partial charge is 0.379 e. The SMILES string of the molecule is Cc1ccc(S(=O)(=O)Oc2ccc(C=Nc3ccc([C@@H]4Nc5ccccc5[C@@H]5C=CC[C@H]54)cc3)cc2)cc1. The van der Waals surface area contributed by atoms with Crippen molar-refractivity contribution < 1.29 is 12.6 Å². The number of hydrogen-bond donors (Lipinski definition) is 1. The highest BCUT2D eigenvalue weighted by molar-refractivity contribution is 7.87. The van der Waals surface area contributed by atoms with Crippen molar-refractivity contribution in [1.29, 1.82) is 0 Å². The highest BCUT2D eigenvalue weighted by Gasteiger charge is 2.37. The predicted molar refractivity (Wildman–Crippen MR) is 152 cm³/mol. The molecule has 0 saturated heterocycles. The number of nitrogens with zero attached hydrogens (tertiary/aromatic N) is 1. The standard InChI is InChI=1S/C32H28N2O3S/c1-22-9-19-27(20-10-22)38(35,36)37-26-17-11-23(12-18-26)21-33-25-15-13-24(14-16-25)32-30-7-4-6-28(30)29-5-2-3-8-31(29)34-32/h2-6,8-21,28,30,32,34H,7H2,1H3/t28-,30+,32-/m0/s1. The van der Waals surface area contributed by atoms with Crippen molar-refractivity contribution in [3.63, 3.8) is 0 Å². The van der Waals surface area contributed by atoms with Crippen molar-refractivity contribution in [2.75, 3.05) is 5.32 Å². The molecule has 6 heteroatoms. The maximum absolute atomic E-state index is 12.5. The van der Waals surface area contributed by atoms with Crippen molar-refractivity contribution in [2.24, 2.45) is 10.9 Å². The molecule has 1 N–H and O–H groups in total. The van der Waals surface area contributed by atoms with Gasteiger partial charge in [-0.05, 0) is 90.6 Å². The fraction of sp³-hybridized carbons (Fsp3) is 0.156. The summed E-state index contributed by atoms with van der Waals surface area (Å²) in [5.74, 6) is 1.22. The lowest BCUT2D eigenvalue weighted by Gasteiger charge is -2.37. The number of para-hydroxylation sites is 1. The number of allylic oxidation sites excluding steroid dienone is 2. The first-order chi connectivity index (χ1) is 18.5. The van der Waals surface area contributed by atoms with Gasteiger partial charge in [-0.15, -0.1) is 0 Å². The minimum Gasteiger partial charge on any atom is -0.379 e. The number of hydrogen-bond acceptors (Lipinski definition) is 5. The zero-order valence-corrected chi connectivity index (χ0v) is 21.8. The van der Waals surface area contributed by atoms with Crippen LogP contribution in [0.2, 0.25) is 0 Å². The highest BCUT2D eigenvalue weighted by atomic mass is 32.2. The van der Waals surface area contributed by atoms with Crippen LogP contribution in [0.15, 0.2) is 119 Å². The molecule has 0 bridgehead atoms. The summed E-state index contributed by atoms with van der Waals surface area (Å²) < 4.78 is 30.3. The van der Waals surface area contributed by atoms with Crippen LogP contribution in [0, 0.1) is 12.8 Å². The first-order valence-electron chi connectivity index (χ1n) is 12.7. The number of rotatable bonds is 6. The van der Waals surface area contributed by atoms with Crippen LogP contribution in [-0.4, -0.2) is 14.6 Å². The molecule has 38 heavy (non-hydrogen) atoms. The molecule has 0 aromatic heterocycles. The smallest absolute Gasteiger partial charge is 0.339 e. The number of nitrogens with one attached hydrogen (secondary N) is 1. The van der Waals surface area contributed by atoms with Crippen LogP contribution < -0.4 is 9.50 Å². The van der Waals surface area contributed by atoms with Gasteiger partial charge in [0.2, 0.25) is 0 Å². The number of aryl methyl sites for hydroxylation is 1. The molecule has 190 valence electrons. The zero-order valence-electron chi connectivity index (χ0n) is 21.0. The van der Waals surface area contributed by atoms with E-state index in [2.05, 4.69) is 58.9 Å². The summed E-state index contributed by atoms with van der Waals surface area (Å²) in [6.07, 6.45) is 7.49. The number of anilines is 1. The molecule has 1 aliphatic carbocycles. The van der Waals surface area contributed by atoms with Crippen molar-refractivity contribution in [2.45, 2.75) is 30.2 Å². The van der Waals surface area contributed by atoms with E-state index in [-0.39, 0.29) is 16.7 Å². The Bertz CT molecular complexity index is 1610. The van der Waals surface area contributed by atoms with Gasteiger partial charge in [0.15, 0.2) is 0 Å². The van der Waals surface area contributed by atoms with E-state index < -0.39 is 10.1 Å². The second-order valence-corrected chi connectivity index (χ2v) is 11.4. The first-order valence-corrected chi connectivity index (χ1v) is 14.1. The Morgan fingerprint density at radius 1 is 0.895 bits per heavy atom. The molecule has 3 atom stereocenters. The molecular formula is C32H28N2O3S. The van der Waals surface area contributed by atoms with E-state index in [1.54, 1.807) is 54.7 Å². The third kappa shape index (κ3) is 4.87. The summed E-state index contributed by atoms with van der Waals surface area (Å²) in [5.41, 5.74) is 6.54. The van der Waals surface area contributed by atoms with E-state index in [4.69, 9.17) is 4.18 Å². The van der Waals surface area contributed by atoms with E-state index in [0.29, 0.717) is 11.8 Å². The summed E-state index contributed by atoms with van der Waals surface area (Å²) in [4.78, 5) is 4.74. The van der Waals surface area contributed by atoms with E-state index >= 15 is 0 Å². The Kier molecular flexibility index (Phi) is 6.34. The second kappa shape index (κ2) is 9.95. The summed E-state index contributed by atoms with van der Waals surface area (Å²) >= 11 is 0. The number of benzene rings is 4. The summed E-state index contributed by atoms with van der Waals surface area (Å²) in [6.45, 7) is 1.90. The second-order valence-electron chi connectivity index (χ2n) is 9.83. The van der Waals surface area contributed by atoms with E-state index in [0.717, 1.165) is 23.2 Å². The first kappa shape index (κ1) is 24.2. The summed E-state index contributed by atoms with van der Waals surface area (Å²) in [7, 11) is -3.88. The maximum atomic E-state index is 12.5. The molecule has 5 nitrogen and oxygen atoms in total. The molecule has 2 aliphatic rings. The van der Waals surface area contributed by atoms with Crippen LogP contribution in [0.1, 0.15) is 40.6 Å². The van der Waals surface area contributed by atoms with Gasteiger partial charge in [-0.1, -0.05) is 60.2 Å². The van der Waals surface area contributed by atoms with Crippen LogP contribution in [-0.2, 0) is 10.1 Å². The minimum atomic E-state index is -3.88. The van der Waals surface area contributed by atoms with Gasteiger partial charge in [-0.25, -0.2) is 0 Å². The Morgan fingerprint density at radius 3 is 2.39 bits per heavy atom. The third-order valence-corrected chi connectivity index (χ3v) is 8.54. The lowest BCUT2D eigenvalue weighted by molar-refractivity contribution is 0.425. The molecule has 0 radical (unpaired) electrons. The Labute approximate surface area is 223 Å². The van der Waals surface area contributed by atoms with Crippen molar-refractivity contribution in [3.05, 3.63) is 131 Å². The molecule has 1 heterocycles. The average Bonchev–Trinajstić information content (AvgIpc) is 3.43. The molecule has 0 amide bonds. The summed E-state index contributed by atoms with van der Waals surface area (Å²) in [5, 5.41) is 3.76. The Morgan fingerprint density at radius 2 is 1.63 bits per heavy atom. The molecule has 4 aromatic carbocycles. The molecule has 1 aliphatic heterocycles. The molecule has 0 fully saturated rings. The average molecular weight is 521 g/mol. The van der Waals surface area contributed by atoms with Gasteiger partial charge in [-0.2, -0.15) is 8.42 Å². The van der Waals surface area contributed by atoms with Gasteiger partial charge < -0.3 is 9.50 Å². The van der Waals surface area contributed by atoms with Crippen LogP contribution in [0.3, 0.4) is 0 Å². The van der Waals surface area contributed by atoms with Crippen LogP contribution in [0.25, 0.3) is 0 Å². The molecule has 0 spiro atoms. The Hall–Kier alpha value is -4.16. The lowest BCUT2D eigenvalue weighted by atomic mass is 9.77. The van der Waals surface area contributed by atoms with Gasteiger partial charge in [0.25, 0.3) is 0 Å². The van der Waals surface area contributed by atoms with Gasteiger partial charge in [0.05, 0.1) is 11.7 Å². The number of aliphatic imine (C=N–C) groups is 1. The fourth-order valence-corrected chi connectivity index (χ4v) is 6.21. The molecule has 0 saturated carbocycles. The van der Waals surface area contributed by atoms with E-state index in [1.165, 1.54) is 16.8 Å². The van der Waals surface area contributed by atoms with Crippen LogP contribution in [0.4, 0.5) is 11.4 Å². The number of fused-ring (bicyclic) bond motifs is 3. The normalized spacial score (nSPS) is 20.1. The van der Waals surface area contributed by atoms with Gasteiger partial charge >= 0.3 is 10.1 Å². The van der Waals surface area contributed by atoms with E-state index in [1.807, 2.05) is 19.1 Å². The van der Waals surface area contributed by atoms with Crippen molar-refractivity contribution in [1.82, 2.24) is 0 Å². The van der Waals surface area contributed by atoms with Gasteiger partial charge in [0, 0.05) is 17.8 Å². The molecular weight excluding hydrogens is 492 g/mol. The molecule has 0 unspecified atom stereocenters. The van der Waals surface area contributed by atoms with Crippen LogP contribution >= 0.6 is 0 Å². The Balaban J connectivity index is 1.12. The monoisotopic (exact) mass is 520 g/mol.